The quantitative estimate of drug-likeness (QED) is 0.907. The van der Waals surface area contributed by atoms with Crippen LogP contribution in [0, 0.1) is 5.92 Å². The van der Waals surface area contributed by atoms with Gasteiger partial charge in [-0.05, 0) is 54.9 Å². The first-order valence-corrected chi connectivity index (χ1v) is 7.79. The summed E-state index contributed by atoms with van der Waals surface area (Å²) in [6.07, 6.45) is 5.12. The average Bonchev–Trinajstić information content (AvgIpc) is 3.01. The molecule has 0 saturated carbocycles. The van der Waals surface area contributed by atoms with Gasteiger partial charge in [0.05, 0.1) is 6.10 Å². The second kappa shape index (κ2) is 5.82. The maximum atomic E-state index is 6.05. The van der Waals surface area contributed by atoms with Crippen molar-refractivity contribution in [2.24, 2.45) is 5.92 Å². The van der Waals surface area contributed by atoms with Gasteiger partial charge in [-0.1, -0.05) is 24.6 Å². The zero-order chi connectivity index (χ0) is 13.2. The Bertz CT molecular complexity index is 448. The Balaban J connectivity index is 1.61. The van der Waals surface area contributed by atoms with Gasteiger partial charge in [-0.3, -0.25) is 0 Å². The molecule has 1 N–H and O–H groups in total. The lowest BCUT2D eigenvalue weighted by atomic mass is 9.98. The standard InChI is InChI=1S/C16H22ClNO/c1-2-16-12(7-8-19-16)10-18-15-6-3-11-9-13(17)4-5-14(11)15/h4-5,9,12,15-16,18H,2-3,6-8,10H2,1H3. The van der Waals surface area contributed by atoms with Crippen LogP contribution in [0.3, 0.4) is 0 Å². The van der Waals surface area contributed by atoms with Gasteiger partial charge >= 0.3 is 0 Å². The minimum Gasteiger partial charge on any atom is -0.378 e. The maximum absolute atomic E-state index is 6.05. The van der Waals surface area contributed by atoms with Gasteiger partial charge in [-0.25, -0.2) is 0 Å². The lowest BCUT2D eigenvalue weighted by molar-refractivity contribution is 0.0866. The number of halogens is 1. The van der Waals surface area contributed by atoms with E-state index in [1.807, 2.05) is 6.07 Å². The smallest absolute Gasteiger partial charge is 0.0613 e. The molecule has 104 valence electrons. The van der Waals surface area contributed by atoms with Crippen LogP contribution in [-0.4, -0.2) is 19.3 Å². The van der Waals surface area contributed by atoms with E-state index in [0.29, 0.717) is 18.1 Å². The van der Waals surface area contributed by atoms with Crippen molar-refractivity contribution in [1.82, 2.24) is 5.32 Å². The summed E-state index contributed by atoms with van der Waals surface area (Å²) in [6, 6.07) is 6.82. The van der Waals surface area contributed by atoms with Crippen LogP contribution in [-0.2, 0) is 11.2 Å². The van der Waals surface area contributed by atoms with Crippen molar-refractivity contribution in [2.75, 3.05) is 13.2 Å². The summed E-state index contributed by atoms with van der Waals surface area (Å²) in [5.74, 6) is 0.682. The predicted octanol–water partition coefficient (Wildman–Crippen LogP) is 3.73. The van der Waals surface area contributed by atoms with E-state index in [9.17, 15) is 0 Å². The minimum absolute atomic E-state index is 0.457. The normalized spacial score (nSPS) is 29.7. The number of fused-ring (bicyclic) bond motifs is 1. The molecule has 1 aromatic carbocycles. The lowest BCUT2D eigenvalue weighted by Crippen LogP contribution is -2.30. The fourth-order valence-electron chi connectivity index (χ4n) is 3.47. The highest BCUT2D eigenvalue weighted by Crippen LogP contribution is 2.33. The molecule has 0 amide bonds. The lowest BCUT2D eigenvalue weighted by Gasteiger charge is -2.21. The van der Waals surface area contributed by atoms with Crippen LogP contribution < -0.4 is 5.32 Å². The molecule has 3 atom stereocenters. The van der Waals surface area contributed by atoms with E-state index in [1.54, 1.807) is 0 Å². The second-order valence-electron chi connectivity index (χ2n) is 5.71. The summed E-state index contributed by atoms with van der Waals surface area (Å²) in [5, 5.41) is 4.60. The van der Waals surface area contributed by atoms with Crippen molar-refractivity contribution < 1.29 is 4.74 Å². The van der Waals surface area contributed by atoms with E-state index in [2.05, 4.69) is 24.4 Å². The highest BCUT2D eigenvalue weighted by Gasteiger charge is 2.28. The maximum Gasteiger partial charge on any atom is 0.0613 e. The van der Waals surface area contributed by atoms with Gasteiger partial charge in [-0.2, -0.15) is 0 Å². The molecule has 0 bridgehead atoms. The summed E-state index contributed by atoms with van der Waals surface area (Å²) < 4.78 is 5.76. The van der Waals surface area contributed by atoms with Crippen LogP contribution in [0.2, 0.25) is 5.02 Å². The van der Waals surface area contributed by atoms with Crippen molar-refractivity contribution in [3.8, 4) is 0 Å². The number of rotatable bonds is 4. The molecule has 2 nitrogen and oxygen atoms in total. The zero-order valence-electron chi connectivity index (χ0n) is 11.5. The molecule has 1 heterocycles. The van der Waals surface area contributed by atoms with E-state index in [1.165, 1.54) is 24.0 Å². The van der Waals surface area contributed by atoms with Crippen LogP contribution in [0.4, 0.5) is 0 Å². The monoisotopic (exact) mass is 279 g/mol. The summed E-state index contributed by atoms with van der Waals surface area (Å²) in [5.41, 5.74) is 2.86. The molecular weight excluding hydrogens is 258 g/mol. The number of aryl methyl sites for hydroxylation is 1. The molecule has 0 radical (unpaired) electrons. The highest BCUT2D eigenvalue weighted by atomic mass is 35.5. The predicted molar refractivity (Wildman–Crippen MR) is 78.7 cm³/mol. The Labute approximate surface area is 120 Å². The first-order chi connectivity index (χ1) is 9.28. The summed E-state index contributed by atoms with van der Waals surface area (Å²) in [7, 11) is 0. The first-order valence-electron chi connectivity index (χ1n) is 7.41. The molecule has 1 fully saturated rings. The Morgan fingerprint density at radius 1 is 1.37 bits per heavy atom. The van der Waals surface area contributed by atoms with Gasteiger partial charge in [-0.15, -0.1) is 0 Å². The second-order valence-corrected chi connectivity index (χ2v) is 6.15. The van der Waals surface area contributed by atoms with Crippen LogP contribution in [0.5, 0.6) is 0 Å². The summed E-state index contributed by atoms with van der Waals surface area (Å²) >= 11 is 6.05. The molecule has 3 unspecified atom stereocenters. The van der Waals surface area contributed by atoms with Crippen LogP contribution in [0.25, 0.3) is 0 Å². The molecule has 3 rings (SSSR count). The van der Waals surface area contributed by atoms with E-state index < -0.39 is 0 Å². The number of benzene rings is 1. The zero-order valence-corrected chi connectivity index (χ0v) is 12.2. The SMILES string of the molecule is CCC1OCCC1CNC1CCc2cc(Cl)ccc21. The minimum atomic E-state index is 0.457. The summed E-state index contributed by atoms with van der Waals surface area (Å²) in [4.78, 5) is 0. The number of hydrogen-bond acceptors (Lipinski definition) is 2. The van der Waals surface area contributed by atoms with Gasteiger partial charge in [0.2, 0.25) is 0 Å². The van der Waals surface area contributed by atoms with E-state index in [4.69, 9.17) is 16.3 Å². The van der Waals surface area contributed by atoms with Crippen molar-refractivity contribution in [3.05, 3.63) is 34.3 Å². The van der Waals surface area contributed by atoms with Crippen molar-refractivity contribution in [1.29, 1.82) is 0 Å². The Hall–Kier alpha value is -0.570. The van der Waals surface area contributed by atoms with Crippen LogP contribution in [0.1, 0.15) is 43.4 Å². The van der Waals surface area contributed by atoms with E-state index in [-0.39, 0.29) is 0 Å². The molecule has 1 aromatic rings. The fourth-order valence-corrected chi connectivity index (χ4v) is 3.66. The Kier molecular flexibility index (Phi) is 4.11. The molecule has 0 aromatic heterocycles. The molecule has 1 aliphatic carbocycles. The van der Waals surface area contributed by atoms with Gasteiger partial charge in [0.25, 0.3) is 0 Å². The van der Waals surface area contributed by atoms with Gasteiger partial charge in [0, 0.05) is 24.2 Å². The fraction of sp³-hybridized carbons (Fsp3) is 0.625. The molecule has 19 heavy (non-hydrogen) atoms. The van der Waals surface area contributed by atoms with Crippen molar-refractivity contribution in [3.63, 3.8) is 0 Å². The van der Waals surface area contributed by atoms with Gasteiger partial charge in [0.1, 0.15) is 0 Å². The third kappa shape index (κ3) is 2.81. The summed E-state index contributed by atoms with van der Waals surface area (Å²) in [6.45, 7) is 4.23. The van der Waals surface area contributed by atoms with Crippen molar-refractivity contribution >= 4 is 11.6 Å². The largest absolute Gasteiger partial charge is 0.378 e. The van der Waals surface area contributed by atoms with Gasteiger partial charge < -0.3 is 10.1 Å². The number of hydrogen-bond donors (Lipinski definition) is 1. The average molecular weight is 280 g/mol. The third-order valence-electron chi connectivity index (χ3n) is 4.56. The van der Waals surface area contributed by atoms with Crippen molar-refractivity contribution in [2.45, 2.75) is 44.8 Å². The highest BCUT2D eigenvalue weighted by molar-refractivity contribution is 6.30. The molecule has 1 aliphatic heterocycles. The molecule has 1 saturated heterocycles. The van der Waals surface area contributed by atoms with E-state index >= 15 is 0 Å². The van der Waals surface area contributed by atoms with E-state index in [0.717, 1.165) is 31.0 Å². The van der Waals surface area contributed by atoms with Gasteiger partial charge in [0.15, 0.2) is 0 Å². The topological polar surface area (TPSA) is 21.3 Å². The molecule has 0 spiro atoms. The van der Waals surface area contributed by atoms with Crippen LogP contribution in [0.15, 0.2) is 18.2 Å². The van der Waals surface area contributed by atoms with Crippen LogP contribution >= 0.6 is 11.6 Å². The Morgan fingerprint density at radius 3 is 3.11 bits per heavy atom. The molecule has 3 heteroatoms. The Morgan fingerprint density at radius 2 is 2.26 bits per heavy atom. The molecular formula is C16H22ClNO. The number of ether oxygens (including phenoxy) is 1. The first kappa shape index (κ1) is 13.4. The molecule has 2 aliphatic rings. The number of nitrogens with one attached hydrogen (secondary N) is 1. The third-order valence-corrected chi connectivity index (χ3v) is 4.79.